The molecule has 0 rings (SSSR count). The number of carbonyl (C=O) groups excluding carboxylic acids is 1. The van der Waals surface area contributed by atoms with Gasteiger partial charge in [-0.2, -0.15) is 13.2 Å². The number of hydrogen-bond acceptors (Lipinski definition) is 1. The van der Waals surface area contributed by atoms with Crippen LogP contribution < -0.4 is 0 Å². The number of carbonyl (C=O) groups is 1. The van der Waals surface area contributed by atoms with Crippen molar-refractivity contribution in [3.8, 4) is 0 Å². The Labute approximate surface area is 76.3 Å². The van der Waals surface area contributed by atoms with Crippen LogP contribution in [0.25, 0.3) is 0 Å². The Kier molecular flexibility index (Phi) is 4.44. The van der Waals surface area contributed by atoms with Crippen LogP contribution in [0.3, 0.4) is 0 Å². The predicted molar refractivity (Wildman–Crippen MR) is 44.3 cm³/mol. The molecule has 13 heavy (non-hydrogen) atoms. The summed E-state index contributed by atoms with van der Waals surface area (Å²) in [7, 11) is 0. The fourth-order valence-corrected chi connectivity index (χ4v) is 0.834. The van der Waals surface area contributed by atoms with Gasteiger partial charge in [-0.05, 0) is 18.3 Å². The Morgan fingerprint density at radius 2 is 1.69 bits per heavy atom. The molecule has 0 aliphatic carbocycles. The zero-order chi connectivity index (χ0) is 10.6. The van der Waals surface area contributed by atoms with Crippen LogP contribution in [0.15, 0.2) is 0 Å². The summed E-state index contributed by atoms with van der Waals surface area (Å²) in [5.41, 5.74) is 0. The van der Waals surface area contributed by atoms with Crippen molar-refractivity contribution in [1.29, 1.82) is 0 Å². The molecule has 0 unspecified atom stereocenters. The van der Waals surface area contributed by atoms with Crippen LogP contribution in [-0.2, 0) is 4.79 Å². The number of alkyl halides is 3. The lowest BCUT2D eigenvalue weighted by Crippen LogP contribution is -2.23. The van der Waals surface area contributed by atoms with Crippen molar-refractivity contribution in [3.05, 3.63) is 0 Å². The van der Waals surface area contributed by atoms with E-state index in [9.17, 15) is 18.0 Å². The molecule has 0 aliphatic rings. The summed E-state index contributed by atoms with van der Waals surface area (Å²) in [4.78, 5) is 10.5. The number of rotatable bonds is 4. The zero-order valence-electron chi connectivity index (χ0n) is 8.11. The van der Waals surface area contributed by atoms with Crippen molar-refractivity contribution in [2.45, 2.75) is 39.8 Å². The molecule has 0 aromatic carbocycles. The summed E-state index contributed by atoms with van der Waals surface area (Å²) in [6, 6.07) is 0. The third kappa shape index (κ3) is 4.90. The average molecular weight is 196 g/mol. The smallest absolute Gasteiger partial charge is 0.290 e. The molecule has 1 nitrogen and oxygen atoms in total. The van der Waals surface area contributed by atoms with Gasteiger partial charge in [0.1, 0.15) is 0 Å². The minimum absolute atomic E-state index is 0.159. The molecule has 0 bridgehead atoms. The molecule has 0 saturated carbocycles. The maximum Gasteiger partial charge on any atom is 0.449 e. The van der Waals surface area contributed by atoms with Crippen molar-refractivity contribution >= 4 is 5.78 Å². The van der Waals surface area contributed by atoms with E-state index in [0.29, 0.717) is 12.3 Å². The summed E-state index contributed by atoms with van der Waals surface area (Å²) >= 11 is 0. The highest BCUT2D eigenvalue weighted by molar-refractivity contribution is 5.83. The van der Waals surface area contributed by atoms with Gasteiger partial charge in [-0.1, -0.05) is 20.8 Å². The summed E-state index contributed by atoms with van der Waals surface area (Å²) in [6.07, 6.45) is -4.73. The predicted octanol–water partition coefficient (Wildman–Crippen LogP) is 3.19. The van der Waals surface area contributed by atoms with E-state index in [1.165, 1.54) is 0 Å². The van der Waals surface area contributed by atoms with Crippen LogP contribution in [0.5, 0.6) is 0 Å². The van der Waals surface area contributed by atoms with Gasteiger partial charge >= 0.3 is 6.18 Å². The Morgan fingerprint density at radius 1 is 1.23 bits per heavy atom. The van der Waals surface area contributed by atoms with E-state index in [-0.39, 0.29) is 12.3 Å². The van der Waals surface area contributed by atoms with Crippen LogP contribution in [0, 0.1) is 11.8 Å². The summed E-state index contributed by atoms with van der Waals surface area (Å²) in [5, 5.41) is 0. The van der Waals surface area contributed by atoms with Gasteiger partial charge in [0.2, 0.25) is 5.78 Å². The molecule has 0 N–H and O–H groups in total. The lowest BCUT2D eigenvalue weighted by Gasteiger charge is -2.14. The van der Waals surface area contributed by atoms with Gasteiger partial charge in [-0.25, -0.2) is 0 Å². The Bertz CT molecular complexity index is 172. The first-order valence-electron chi connectivity index (χ1n) is 4.35. The third-order valence-corrected chi connectivity index (χ3v) is 2.28. The maximum absolute atomic E-state index is 11.8. The van der Waals surface area contributed by atoms with Gasteiger partial charge < -0.3 is 0 Å². The molecule has 0 radical (unpaired) electrons. The third-order valence-electron chi connectivity index (χ3n) is 2.28. The number of Topliss-reactive ketones (excluding diaryl/α,β-unsaturated/α-hetero) is 1. The molecular formula is C9H15F3O. The second kappa shape index (κ2) is 4.63. The van der Waals surface area contributed by atoms with Crippen LogP contribution in [0.4, 0.5) is 13.2 Å². The SMILES string of the molecule is CC(C)[C@H](C)CCC(=O)C(F)(F)F. The first-order chi connectivity index (χ1) is 5.75. The summed E-state index contributed by atoms with van der Waals surface area (Å²) in [6.45, 7) is 5.72. The number of ketones is 1. The number of halogens is 3. The highest BCUT2D eigenvalue weighted by Crippen LogP contribution is 2.22. The molecule has 0 amide bonds. The van der Waals surface area contributed by atoms with Crippen molar-refractivity contribution < 1.29 is 18.0 Å². The van der Waals surface area contributed by atoms with Gasteiger partial charge in [0.05, 0.1) is 0 Å². The highest BCUT2D eigenvalue weighted by atomic mass is 19.4. The minimum atomic E-state index is -4.66. The maximum atomic E-state index is 11.8. The molecule has 0 aromatic heterocycles. The first kappa shape index (κ1) is 12.5. The Balaban J connectivity index is 3.84. The molecule has 0 heterocycles. The molecule has 0 saturated heterocycles. The van der Waals surface area contributed by atoms with Crippen LogP contribution in [0.2, 0.25) is 0 Å². The lowest BCUT2D eigenvalue weighted by atomic mass is 9.92. The second-order valence-corrected chi connectivity index (χ2v) is 3.68. The van der Waals surface area contributed by atoms with Crippen molar-refractivity contribution in [3.63, 3.8) is 0 Å². The van der Waals surface area contributed by atoms with Gasteiger partial charge in [0.25, 0.3) is 0 Å². The summed E-state index contributed by atoms with van der Waals surface area (Å²) in [5.74, 6) is -1.13. The van der Waals surface area contributed by atoms with E-state index >= 15 is 0 Å². The molecule has 4 heteroatoms. The Hall–Kier alpha value is -0.540. The second-order valence-electron chi connectivity index (χ2n) is 3.68. The van der Waals surface area contributed by atoms with Gasteiger partial charge in [-0.15, -0.1) is 0 Å². The summed E-state index contributed by atoms with van der Waals surface area (Å²) < 4.78 is 35.3. The minimum Gasteiger partial charge on any atom is -0.290 e. The monoisotopic (exact) mass is 196 g/mol. The quantitative estimate of drug-likeness (QED) is 0.674. The molecule has 0 aromatic rings. The topological polar surface area (TPSA) is 17.1 Å². The Morgan fingerprint density at radius 3 is 2.00 bits per heavy atom. The lowest BCUT2D eigenvalue weighted by molar-refractivity contribution is -0.171. The van der Waals surface area contributed by atoms with E-state index < -0.39 is 12.0 Å². The molecule has 0 spiro atoms. The molecule has 78 valence electrons. The molecule has 0 fully saturated rings. The van der Waals surface area contributed by atoms with Crippen LogP contribution in [-0.4, -0.2) is 12.0 Å². The normalized spacial score (nSPS) is 14.7. The first-order valence-corrected chi connectivity index (χ1v) is 4.35. The van der Waals surface area contributed by atoms with E-state index in [4.69, 9.17) is 0 Å². The van der Waals surface area contributed by atoms with E-state index in [1.54, 1.807) is 0 Å². The molecule has 1 atom stereocenters. The largest absolute Gasteiger partial charge is 0.449 e. The molecule has 0 aliphatic heterocycles. The van der Waals surface area contributed by atoms with E-state index in [2.05, 4.69) is 0 Å². The zero-order valence-corrected chi connectivity index (χ0v) is 8.11. The van der Waals surface area contributed by atoms with Gasteiger partial charge in [0, 0.05) is 6.42 Å². The molecular weight excluding hydrogens is 181 g/mol. The van der Waals surface area contributed by atoms with E-state index in [1.807, 2.05) is 20.8 Å². The fourth-order valence-electron chi connectivity index (χ4n) is 0.834. The van der Waals surface area contributed by atoms with E-state index in [0.717, 1.165) is 0 Å². The highest BCUT2D eigenvalue weighted by Gasteiger charge is 2.37. The van der Waals surface area contributed by atoms with Crippen molar-refractivity contribution in [2.24, 2.45) is 11.8 Å². The van der Waals surface area contributed by atoms with Gasteiger partial charge in [-0.3, -0.25) is 4.79 Å². The fraction of sp³-hybridized carbons (Fsp3) is 0.889. The van der Waals surface area contributed by atoms with Crippen molar-refractivity contribution in [2.75, 3.05) is 0 Å². The number of hydrogen-bond donors (Lipinski definition) is 0. The standard InChI is InChI=1S/C9H15F3O/c1-6(2)7(3)4-5-8(13)9(10,11)12/h6-7H,4-5H2,1-3H3/t7-/m1/s1. The van der Waals surface area contributed by atoms with Gasteiger partial charge in [0.15, 0.2) is 0 Å². The van der Waals surface area contributed by atoms with Crippen LogP contribution in [0.1, 0.15) is 33.6 Å². The van der Waals surface area contributed by atoms with Crippen LogP contribution >= 0.6 is 0 Å². The average Bonchev–Trinajstić information content (AvgIpc) is 1.97. The van der Waals surface area contributed by atoms with Crippen molar-refractivity contribution in [1.82, 2.24) is 0 Å².